The van der Waals surface area contributed by atoms with Crippen LogP contribution in [0.4, 0.5) is 5.69 Å². The average Bonchev–Trinajstić information content (AvgIpc) is 3.58. The Morgan fingerprint density at radius 2 is 1.62 bits per heavy atom. The number of pyridine rings is 1. The van der Waals surface area contributed by atoms with Gasteiger partial charge in [0, 0.05) is 28.9 Å². The minimum Gasteiger partial charge on any atom is -0.454 e. The number of H-pyrrole nitrogens is 1. The third-order valence-electron chi connectivity index (χ3n) is 6.30. The van der Waals surface area contributed by atoms with Crippen LogP contribution in [0.5, 0.6) is 11.5 Å². The number of aromatic nitrogens is 3. The van der Waals surface area contributed by atoms with Gasteiger partial charge in [-0.05, 0) is 42.8 Å². The maximum absolute atomic E-state index is 14.0. The summed E-state index contributed by atoms with van der Waals surface area (Å²) in [6.45, 7) is 1.93. The SMILES string of the molecule is CCc1[nH]n(-c2ccc(Cl)cc2)c(=O)c1C1=C([n+]2ccccc2)C(=O)N(c2ccc3c(c2)OCO3)C1=O. The van der Waals surface area contributed by atoms with E-state index in [4.69, 9.17) is 21.1 Å². The fraction of sp³-hybridized carbons (Fsp3) is 0.111. The molecule has 0 atom stereocenters. The number of hydrogen-bond donors (Lipinski definition) is 1. The van der Waals surface area contributed by atoms with Gasteiger partial charge in [-0.1, -0.05) is 24.6 Å². The molecule has 10 heteroatoms. The number of imide groups is 1. The van der Waals surface area contributed by atoms with Crippen LogP contribution < -0.4 is 24.5 Å². The molecule has 4 aromatic rings. The maximum Gasteiger partial charge on any atom is 0.331 e. The van der Waals surface area contributed by atoms with E-state index in [1.807, 2.05) is 6.92 Å². The summed E-state index contributed by atoms with van der Waals surface area (Å²) in [7, 11) is 0. The van der Waals surface area contributed by atoms with E-state index in [2.05, 4.69) is 5.10 Å². The molecule has 6 rings (SSSR count). The summed E-state index contributed by atoms with van der Waals surface area (Å²) in [4.78, 5) is 42.7. The van der Waals surface area contributed by atoms with E-state index in [0.717, 1.165) is 4.90 Å². The second kappa shape index (κ2) is 8.79. The Bertz CT molecular complexity index is 1650. The lowest BCUT2D eigenvalue weighted by molar-refractivity contribution is -0.576. The summed E-state index contributed by atoms with van der Waals surface area (Å²) in [6, 6.07) is 16.9. The number of anilines is 1. The topological polar surface area (TPSA) is 97.5 Å². The van der Waals surface area contributed by atoms with E-state index >= 15 is 0 Å². The number of nitrogens with zero attached hydrogens (tertiary/aromatic N) is 3. The Kier molecular flexibility index (Phi) is 5.42. The lowest BCUT2D eigenvalue weighted by atomic mass is 10.0. The number of aromatic amines is 1. The molecule has 0 saturated carbocycles. The van der Waals surface area contributed by atoms with Gasteiger partial charge in [0.25, 0.3) is 17.2 Å². The minimum absolute atomic E-state index is 0.0182. The number of halogens is 1. The molecule has 4 heterocycles. The molecule has 0 bridgehead atoms. The molecule has 2 aromatic carbocycles. The second-order valence-electron chi connectivity index (χ2n) is 8.43. The fourth-order valence-electron chi connectivity index (χ4n) is 4.56. The zero-order chi connectivity index (χ0) is 25.7. The first kappa shape index (κ1) is 22.8. The molecule has 0 spiro atoms. The van der Waals surface area contributed by atoms with Gasteiger partial charge in [-0.2, -0.15) is 4.57 Å². The monoisotopic (exact) mass is 515 g/mol. The highest BCUT2D eigenvalue weighted by atomic mass is 35.5. The van der Waals surface area contributed by atoms with Crippen molar-refractivity contribution in [2.45, 2.75) is 13.3 Å². The van der Waals surface area contributed by atoms with Crippen molar-refractivity contribution in [1.82, 2.24) is 9.78 Å². The van der Waals surface area contributed by atoms with E-state index in [1.54, 1.807) is 77.6 Å². The summed E-state index contributed by atoms with van der Waals surface area (Å²) >= 11 is 6.03. The normalized spacial score (nSPS) is 14.7. The molecule has 9 nitrogen and oxygen atoms in total. The number of benzene rings is 2. The van der Waals surface area contributed by atoms with E-state index < -0.39 is 17.4 Å². The van der Waals surface area contributed by atoms with Crippen molar-refractivity contribution in [3.8, 4) is 17.2 Å². The highest BCUT2D eigenvalue weighted by Crippen LogP contribution is 2.39. The molecular weight excluding hydrogens is 496 g/mol. The molecule has 2 amide bonds. The summed E-state index contributed by atoms with van der Waals surface area (Å²) in [5.74, 6) is -0.208. The molecule has 2 aliphatic rings. The maximum atomic E-state index is 14.0. The van der Waals surface area contributed by atoms with Crippen molar-refractivity contribution in [3.63, 3.8) is 0 Å². The minimum atomic E-state index is -0.607. The molecule has 0 aliphatic carbocycles. The van der Waals surface area contributed by atoms with Crippen LogP contribution in [0.3, 0.4) is 0 Å². The molecule has 0 saturated heterocycles. The molecular formula is C27H20ClN4O5+. The second-order valence-corrected chi connectivity index (χ2v) is 8.86. The molecule has 2 aliphatic heterocycles. The van der Waals surface area contributed by atoms with Gasteiger partial charge in [0.2, 0.25) is 6.79 Å². The third kappa shape index (κ3) is 3.63. The van der Waals surface area contributed by atoms with Crippen LogP contribution in [0, 0.1) is 0 Å². The van der Waals surface area contributed by atoms with Crippen molar-refractivity contribution in [2.24, 2.45) is 0 Å². The Labute approximate surface area is 215 Å². The predicted octanol–water partition coefficient (Wildman–Crippen LogP) is 3.34. The van der Waals surface area contributed by atoms with Gasteiger partial charge in [0.15, 0.2) is 23.9 Å². The molecule has 1 N–H and O–H groups in total. The van der Waals surface area contributed by atoms with E-state index in [-0.39, 0.29) is 23.6 Å². The Morgan fingerprint density at radius 3 is 2.35 bits per heavy atom. The molecule has 0 fully saturated rings. The quantitative estimate of drug-likeness (QED) is 0.325. The van der Waals surface area contributed by atoms with Crippen LogP contribution in [0.1, 0.15) is 18.2 Å². The van der Waals surface area contributed by atoms with Gasteiger partial charge in [-0.15, -0.1) is 0 Å². The van der Waals surface area contributed by atoms with Gasteiger partial charge in [-0.3, -0.25) is 19.5 Å². The summed E-state index contributed by atoms with van der Waals surface area (Å²) < 4.78 is 13.7. The van der Waals surface area contributed by atoms with Crippen molar-refractivity contribution in [3.05, 3.63) is 99.7 Å². The number of amides is 2. The molecule has 2 aromatic heterocycles. The number of carbonyl (C=O) groups is 2. The number of carbonyl (C=O) groups excluding carboxylic acids is 2. The predicted molar refractivity (Wildman–Crippen MR) is 136 cm³/mol. The smallest absolute Gasteiger partial charge is 0.331 e. The van der Waals surface area contributed by atoms with Crippen molar-refractivity contribution < 1.29 is 23.6 Å². The summed E-state index contributed by atoms with van der Waals surface area (Å²) in [5.41, 5.74) is 1.19. The first-order chi connectivity index (χ1) is 18.0. The van der Waals surface area contributed by atoms with Crippen LogP contribution in [0.2, 0.25) is 5.02 Å². The summed E-state index contributed by atoms with van der Waals surface area (Å²) in [6.07, 6.45) is 3.76. The van der Waals surface area contributed by atoms with Crippen molar-refractivity contribution in [2.75, 3.05) is 11.7 Å². The number of ether oxygens (including phenoxy) is 2. The van der Waals surface area contributed by atoms with E-state index in [0.29, 0.717) is 40.0 Å². The first-order valence-electron chi connectivity index (χ1n) is 11.6. The van der Waals surface area contributed by atoms with Gasteiger partial charge in [0.05, 0.1) is 16.9 Å². The number of nitrogens with one attached hydrogen (secondary N) is 1. The van der Waals surface area contributed by atoms with Gasteiger partial charge < -0.3 is 9.47 Å². The number of aryl methyl sites for hydroxylation is 1. The van der Waals surface area contributed by atoms with Crippen molar-refractivity contribution >= 4 is 40.4 Å². The van der Waals surface area contributed by atoms with Crippen LogP contribution in [-0.2, 0) is 16.0 Å². The Morgan fingerprint density at radius 1 is 0.919 bits per heavy atom. The van der Waals surface area contributed by atoms with Crippen LogP contribution >= 0.6 is 11.6 Å². The van der Waals surface area contributed by atoms with E-state index in [9.17, 15) is 14.4 Å². The number of fused-ring (bicyclic) bond motifs is 1. The third-order valence-corrected chi connectivity index (χ3v) is 6.55. The first-order valence-corrected chi connectivity index (χ1v) is 11.9. The lowest BCUT2D eigenvalue weighted by Crippen LogP contribution is -2.39. The number of rotatable bonds is 5. The fourth-order valence-corrected chi connectivity index (χ4v) is 4.68. The molecule has 37 heavy (non-hydrogen) atoms. The average molecular weight is 516 g/mol. The highest BCUT2D eigenvalue weighted by molar-refractivity contribution is 6.53. The highest BCUT2D eigenvalue weighted by Gasteiger charge is 2.48. The van der Waals surface area contributed by atoms with Crippen molar-refractivity contribution in [1.29, 1.82) is 0 Å². The molecule has 0 radical (unpaired) electrons. The molecule has 184 valence electrons. The van der Waals surface area contributed by atoms with Gasteiger partial charge in [-0.25, -0.2) is 9.58 Å². The Hall–Kier alpha value is -4.63. The largest absolute Gasteiger partial charge is 0.454 e. The van der Waals surface area contributed by atoms with Crippen LogP contribution in [0.25, 0.3) is 17.0 Å². The van der Waals surface area contributed by atoms with Gasteiger partial charge >= 0.3 is 5.91 Å². The van der Waals surface area contributed by atoms with Crippen LogP contribution in [-0.4, -0.2) is 28.4 Å². The Balaban J connectivity index is 1.56. The van der Waals surface area contributed by atoms with Crippen LogP contribution in [0.15, 0.2) is 77.9 Å². The number of hydrogen-bond acceptors (Lipinski definition) is 5. The lowest BCUT2D eigenvalue weighted by Gasteiger charge is -2.14. The molecule has 0 unspecified atom stereocenters. The zero-order valence-electron chi connectivity index (χ0n) is 19.6. The van der Waals surface area contributed by atoms with Gasteiger partial charge in [0.1, 0.15) is 5.57 Å². The standard InChI is InChI=1S/C27H19ClN4O5/c1-2-19-22(26(34)32(29-19)17-8-6-16(28)7-9-17)23-24(30-12-4-3-5-13-30)27(35)31(25(23)33)18-10-11-20-21(14-18)37-15-36-20/h3-14H,2,15H2,1H3/p+1. The van der Waals surface area contributed by atoms with E-state index in [1.165, 1.54) is 4.68 Å². The zero-order valence-corrected chi connectivity index (χ0v) is 20.4. The summed E-state index contributed by atoms with van der Waals surface area (Å²) in [5, 5.41) is 3.64.